The molecule has 0 unspecified atom stereocenters. The number of hydrogen-bond donors (Lipinski definition) is 2. The molecule has 1 aromatic carbocycles. The quantitative estimate of drug-likeness (QED) is 0.841. The summed E-state index contributed by atoms with van der Waals surface area (Å²) in [6, 6.07) is 5.29. The topological polar surface area (TPSA) is 50.9 Å². The average molecular weight is 235 g/mol. The van der Waals surface area contributed by atoms with Gasteiger partial charge in [-0.15, -0.1) is 0 Å². The van der Waals surface area contributed by atoms with Crippen LogP contribution in [-0.4, -0.2) is 4.98 Å². The van der Waals surface area contributed by atoms with Gasteiger partial charge in [0.25, 0.3) is 0 Å². The fourth-order valence-electron chi connectivity index (χ4n) is 1.38. The van der Waals surface area contributed by atoms with Gasteiger partial charge in [0.05, 0.1) is 5.69 Å². The maximum atomic E-state index is 13.0. The van der Waals surface area contributed by atoms with Gasteiger partial charge in [-0.25, -0.2) is 13.8 Å². The number of nitrogens with one attached hydrogen (secondary N) is 1. The Bertz CT molecular complexity index is 555. The van der Waals surface area contributed by atoms with Crippen LogP contribution in [0.1, 0.15) is 5.56 Å². The Hall–Kier alpha value is -2.17. The lowest BCUT2D eigenvalue weighted by Gasteiger charge is -2.09. The van der Waals surface area contributed by atoms with Gasteiger partial charge in [0.15, 0.2) is 17.5 Å². The number of aromatic nitrogens is 1. The number of halogens is 2. The van der Waals surface area contributed by atoms with E-state index in [2.05, 4.69) is 10.3 Å². The zero-order valence-corrected chi connectivity index (χ0v) is 9.17. The number of nitrogens with zero attached hydrogens (tertiary/aromatic N) is 1. The van der Waals surface area contributed by atoms with E-state index < -0.39 is 11.6 Å². The zero-order chi connectivity index (χ0) is 12.4. The number of nitrogen functional groups attached to an aromatic ring is 1. The Kier molecular flexibility index (Phi) is 2.91. The highest BCUT2D eigenvalue weighted by Crippen LogP contribution is 2.23. The number of aryl methyl sites for hydroxylation is 1. The molecule has 17 heavy (non-hydrogen) atoms. The van der Waals surface area contributed by atoms with Crippen molar-refractivity contribution < 1.29 is 8.78 Å². The number of hydrogen-bond acceptors (Lipinski definition) is 3. The largest absolute Gasteiger partial charge is 0.396 e. The summed E-state index contributed by atoms with van der Waals surface area (Å²) in [5.41, 5.74) is 7.55. The predicted molar refractivity (Wildman–Crippen MR) is 63.0 cm³/mol. The van der Waals surface area contributed by atoms with Gasteiger partial charge in [-0.3, -0.25) is 0 Å². The van der Waals surface area contributed by atoms with E-state index in [1.54, 1.807) is 12.3 Å². The zero-order valence-electron chi connectivity index (χ0n) is 9.17. The average Bonchev–Trinajstić information content (AvgIpc) is 2.30. The molecule has 0 saturated carbocycles. The van der Waals surface area contributed by atoms with Crippen LogP contribution < -0.4 is 11.1 Å². The molecule has 1 aromatic heterocycles. The Morgan fingerprint density at radius 1 is 1.18 bits per heavy atom. The van der Waals surface area contributed by atoms with E-state index in [1.165, 1.54) is 6.07 Å². The van der Waals surface area contributed by atoms with Crippen LogP contribution in [0.2, 0.25) is 0 Å². The molecule has 1 heterocycles. The van der Waals surface area contributed by atoms with Crippen molar-refractivity contribution in [2.75, 3.05) is 11.1 Å². The van der Waals surface area contributed by atoms with Gasteiger partial charge in [0.1, 0.15) is 0 Å². The van der Waals surface area contributed by atoms with Crippen LogP contribution in [0.25, 0.3) is 0 Å². The van der Waals surface area contributed by atoms with Gasteiger partial charge in [-0.1, -0.05) is 0 Å². The summed E-state index contributed by atoms with van der Waals surface area (Å²) < 4.78 is 25.7. The molecule has 3 nitrogen and oxygen atoms in total. The summed E-state index contributed by atoms with van der Waals surface area (Å²) in [5, 5.41) is 2.84. The van der Waals surface area contributed by atoms with Crippen molar-refractivity contribution in [1.82, 2.24) is 4.98 Å². The summed E-state index contributed by atoms with van der Waals surface area (Å²) in [6.07, 6.45) is 1.59. The van der Waals surface area contributed by atoms with Crippen LogP contribution in [0.5, 0.6) is 0 Å². The van der Waals surface area contributed by atoms with Crippen molar-refractivity contribution in [1.29, 1.82) is 0 Å². The Morgan fingerprint density at radius 3 is 2.65 bits per heavy atom. The van der Waals surface area contributed by atoms with E-state index in [0.717, 1.165) is 17.7 Å². The molecule has 0 fully saturated rings. The maximum absolute atomic E-state index is 13.0. The van der Waals surface area contributed by atoms with Crippen molar-refractivity contribution >= 4 is 17.2 Å². The summed E-state index contributed by atoms with van der Waals surface area (Å²) in [5.74, 6) is -1.38. The molecule has 0 saturated heterocycles. The molecule has 0 aliphatic rings. The highest BCUT2D eigenvalue weighted by atomic mass is 19.2. The lowest BCUT2D eigenvalue weighted by molar-refractivity contribution is 0.509. The molecule has 5 heteroatoms. The van der Waals surface area contributed by atoms with Crippen LogP contribution >= 0.6 is 0 Å². The first kappa shape index (κ1) is 11.3. The van der Waals surface area contributed by atoms with Crippen LogP contribution in [0.3, 0.4) is 0 Å². The molecule has 0 aliphatic heterocycles. The Labute approximate surface area is 97.3 Å². The van der Waals surface area contributed by atoms with E-state index in [1.807, 2.05) is 6.92 Å². The molecule has 88 valence electrons. The van der Waals surface area contributed by atoms with Crippen LogP contribution in [-0.2, 0) is 0 Å². The molecule has 0 radical (unpaired) electrons. The Balaban J connectivity index is 2.31. The standard InChI is InChI=1S/C12H11F2N3/c1-7-4-5-16-12(11(7)15)17-8-2-3-9(13)10(14)6-8/h2-6H,15H2,1H3,(H,16,17). The van der Waals surface area contributed by atoms with Crippen molar-refractivity contribution in [3.8, 4) is 0 Å². The first-order chi connectivity index (χ1) is 8.08. The SMILES string of the molecule is Cc1ccnc(Nc2ccc(F)c(F)c2)c1N. The number of benzene rings is 1. The predicted octanol–water partition coefficient (Wildman–Crippen LogP) is 2.99. The molecule has 0 amide bonds. The molecular formula is C12H11F2N3. The van der Waals surface area contributed by atoms with E-state index in [0.29, 0.717) is 17.2 Å². The van der Waals surface area contributed by atoms with Crippen molar-refractivity contribution in [2.45, 2.75) is 6.92 Å². The molecule has 0 spiro atoms. The lowest BCUT2D eigenvalue weighted by atomic mass is 10.2. The normalized spacial score (nSPS) is 10.3. The van der Waals surface area contributed by atoms with Crippen molar-refractivity contribution in [3.05, 3.63) is 47.7 Å². The van der Waals surface area contributed by atoms with E-state index >= 15 is 0 Å². The van der Waals surface area contributed by atoms with Crippen molar-refractivity contribution in [2.24, 2.45) is 0 Å². The fourth-order valence-corrected chi connectivity index (χ4v) is 1.38. The van der Waals surface area contributed by atoms with E-state index in [4.69, 9.17) is 5.73 Å². The fraction of sp³-hybridized carbons (Fsp3) is 0.0833. The van der Waals surface area contributed by atoms with Gasteiger partial charge >= 0.3 is 0 Å². The highest BCUT2D eigenvalue weighted by Gasteiger charge is 2.06. The summed E-state index contributed by atoms with van der Waals surface area (Å²) in [4.78, 5) is 4.03. The van der Waals surface area contributed by atoms with Gasteiger partial charge in [-0.05, 0) is 30.7 Å². The maximum Gasteiger partial charge on any atom is 0.160 e. The van der Waals surface area contributed by atoms with Gasteiger partial charge in [0, 0.05) is 18.0 Å². The molecule has 2 rings (SSSR count). The summed E-state index contributed by atoms with van der Waals surface area (Å²) in [6.45, 7) is 1.84. The third-order valence-corrected chi connectivity index (χ3v) is 2.39. The third-order valence-electron chi connectivity index (χ3n) is 2.39. The van der Waals surface area contributed by atoms with Crippen LogP contribution in [0, 0.1) is 18.6 Å². The molecule has 0 atom stereocenters. The molecule has 3 N–H and O–H groups in total. The minimum Gasteiger partial charge on any atom is -0.396 e. The van der Waals surface area contributed by atoms with E-state index in [9.17, 15) is 8.78 Å². The third kappa shape index (κ3) is 2.33. The van der Waals surface area contributed by atoms with Crippen LogP contribution in [0.15, 0.2) is 30.5 Å². The highest BCUT2D eigenvalue weighted by molar-refractivity contribution is 5.70. The summed E-state index contributed by atoms with van der Waals surface area (Å²) >= 11 is 0. The second-order valence-electron chi connectivity index (χ2n) is 3.64. The first-order valence-electron chi connectivity index (χ1n) is 5.01. The molecular weight excluding hydrogens is 224 g/mol. The number of rotatable bonds is 2. The summed E-state index contributed by atoms with van der Waals surface area (Å²) in [7, 11) is 0. The monoisotopic (exact) mass is 235 g/mol. The number of nitrogens with two attached hydrogens (primary N) is 1. The van der Waals surface area contributed by atoms with Crippen LogP contribution in [0.4, 0.5) is 26.0 Å². The number of anilines is 3. The Morgan fingerprint density at radius 2 is 1.94 bits per heavy atom. The first-order valence-corrected chi connectivity index (χ1v) is 5.01. The van der Waals surface area contributed by atoms with E-state index in [-0.39, 0.29) is 0 Å². The smallest absolute Gasteiger partial charge is 0.160 e. The molecule has 0 bridgehead atoms. The minimum absolute atomic E-state index is 0.397. The van der Waals surface area contributed by atoms with Gasteiger partial charge in [-0.2, -0.15) is 0 Å². The van der Waals surface area contributed by atoms with Crippen molar-refractivity contribution in [3.63, 3.8) is 0 Å². The lowest BCUT2D eigenvalue weighted by Crippen LogP contribution is -2.01. The second-order valence-corrected chi connectivity index (χ2v) is 3.64. The second kappa shape index (κ2) is 4.37. The molecule has 0 aliphatic carbocycles. The molecule has 2 aromatic rings. The minimum atomic E-state index is -0.916. The van der Waals surface area contributed by atoms with Gasteiger partial charge in [0.2, 0.25) is 0 Å². The van der Waals surface area contributed by atoms with Gasteiger partial charge < -0.3 is 11.1 Å². The number of pyridine rings is 1.